The molecule has 0 radical (unpaired) electrons. The molecule has 0 unspecified atom stereocenters. The third-order valence-electron chi connectivity index (χ3n) is 6.38. The van der Waals surface area contributed by atoms with Gasteiger partial charge in [0.25, 0.3) is 0 Å². The molecule has 9 nitrogen and oxygen atoms in total. The first-order chi connectivity index (χ1) is 15.6. The third-order valence-corrected chi connectivity index (χ3v) is 6.38. The highest BCUT2D eigenvalue weighted by atomic mass is 16.5. The molecule has 1 aliphatic carbocycles. The summed E-state index contributed by atoms with van der Waals surface area (Å²) < 4.78 is 11.3. The number of ether oxygens (including phenoxy) is 1. The summed E-state index contributed by atoms with van der Waals surface area (Å²) in [5.41, 5.74) is 1.44. The highest BCUT2D eigenvalue weighted by Gasteiger charge is 2.32. The van der Waals surface area contributed by atoms with E-state index in [1.54, 1.807) is 6.20 Å². The van der Waals surface area contributed by atoms with Crippen molar-refractivity contribution < 1.29 is 14.1 Å². The highest BCUT2D eigenvalue weighted by molar-refractivity contribution is 5.79. The number of aryl methyl sites for hydroxylation is 1. The average Bonchev–Trinajstić information content (AvgIpc) is 3.29. The molecule has 9 heteroatoms. The second-order valence-electron chi connectivity index (χ2n) is 8.97. The Morgan fingerprint density at radius 2 is 2.09 bits per heavy atom. The molecule has 2 aliphatic rings. The lowest BCUT2D eigenvalue weighted by atomic mass is 9.93. The lowest BCUT2D eigenvalue weighted by Gasteiger charge is -2.39. The predicted molar refractivity (Wildman–Crippen MR) is 119 cm³/mol. The molecule has 1 atom stereocenters. The summed E-state index contributed by atoms with van der Waals surface area (Å²) in [5.74, 6) is 1.25. The number of hydrogen-bond donors (Lipinski definition) is 0. The Labute approximate surface area is 189 Å². The molecule has 2 aromatic rings. The van der Waals surface area contributed by atoms with Crippen LogP contribution in [0.3, 0.4) is 0 Å². The van der Waals surface area contributed by atoms with Crippen molar-refractivity contribution in [3.05, 3.63) is 24.1 Å². The summed E-state index contributed by atoms with van der Waals surface area (Å²) in [4.78, 5) is 30.7. The van der Waals surface area contributed by atoms with E-state index in [0.29, 0.717) is 49.4 Å². The van der Waals surface area contributed by atoms with Crippen LogP contribution in [0.4, 0.5) is 0 Å². The third kappa shape index (κ3) is 5.15. The Bertz CT molecular complexity index is 895. The molecule has 0 bridgehead atoms. The van der Waals surface area contributed by atoms with Crippen molar-refractivity contribution in [3.63, 3.8) is 0 Å². The number of aromatic nitrogens is 4. The molecule has 1 saturated carbocycles. The van der Waals surface area contributed by atoms with E-state index < -0.39 is 0 Å². The first-order valence-electron chi connectivity index (χ1n) is 11.8. The summed E-state index contributed by atoms with van der Waals surface area (Å²) in [6.45, 7) is 8.46. The maximum atomic E-state index is 13.3. The number of hydrogen-bond acceptors (Lipinski definition) is 8. The fraction of sp³-hybridized carbons (Fsp3) is 0.696. The minimum Gasteiger partial charge on any atom is -0.369 e. The van der Waals surface area contributed by atoms with Crippen LogP contribution in [0.2, 0.25) is 0 Å². The van der Waals surface area contributed by atoms with Gasteiger partial charge >= 0.3 is 0 Å². The largest absolute Gasteiger partial charge is 0.369 e. The summed E-state index contributed by atoms with van der Waals surface area (Å²) >= 11 is 0. The van der Waals surface area contributed by atoms with Crippen LogP contribution in [-0.2, 0) is 16.0 Å². The molecule has 0 N–H and O–H groups in total. The number of rotatable bonds is 7. The molecule has 1 saturated heterocycles. The van der Waals surface area contributed by atoms with Crippen LogP contribution in [0, 0.1) is 0 Å². The van der Waals surface area contributed by atoms with Crippen molar-refractivity contribution >= 4 is 5.91 Å². The van der Waals surface area contributed by atoms with E-state index in [9.17, 15) is 4.79 Å². The van der Waals surface area contributed by atoms with Crippen LogP contribution in [0.25, 0.3) is 11.4 Å². The first kappa shape index (κ1) is 22.8. The molecule has 0 spiro atoms. The fourth-order valence-electron chi connectivity index (χ4n) is 4.83. The standard InChI is InChI=1S/C23H34N6O3/c1-4-20-26-23(27-32-20)18-12-24-15-25-22(18)19-13-28(10-11-31-19)14-21(30)29(16(2)3)17-8-6-5-7-9-17/h12,15-17,19H,4-11,13-14H2,1-3H3/t19-/m1/s1. The van der Waals surface area contributed by atoms with Crippen molar-refractivity contribution in [1.82, 2.24) is 29.9 Å². The van der Waals surface area contributed by atoms with Gasteiger partial charge in [-0.25, -0.2) is 9.97 Å². The van der Waals surface area contributed by atoms with E-state index >= 15 is 0 Å². The maximum absolute atomic E-state index is 13.3. The molecule has 1 amide bonds. The molecular formula is C23H34N6O3. The molecule has 32 heavy (non-hydrogen) atoms. The number of carbonyl (C=O) groups is 1. The van der Waals surface area contributed by atoms with E-state index in [4.69, 9.17) is 9.26 Å². The van der Waals surface area contributed by atoms with E-state index in [0.717, 1.165) is 25.1 Å². The summed E-state index contributed by atoms with van der Waals surface area (Å²) in [5, 5.41) is 4.08. The molecule has 0 aromatic carbocycles. The van der Waals surface area contributed by atoms with Crippen LogP contribution in [0.1, 0.15) is 70.6 Å². The topological polar surface area (TPSA) is 97.5 Å². The minimum absolute atomic E-state index is 0.209. The molecule has 174 valence electrons. The summed E-state index contributed by atoms with van der Waals surface area (Å²) in [6.07, 6.45) is 9.54. The second-order valence-corrected chi connectivity index (χ2v) is 8.97. The van der Waals surface area contributed by atoms with E-state index in [1.165, 1.54) is 25.6 Å². The zero-order chi connectivity index (χ0) is 22.5. The van der Waals surface area contributed by atoms with Gasteiger partial charge in [0, 0.05) is 37.8 Å². The molecule has 2 fully saturated rings. The SMILES string of the molecule is CCc1nc(-c2cncnc2[C@H]2CN(CC(=O)N(C(C)C)C3CCCCC3)CCO2)no1. The predicted octanol–water partition coefficient (Wildman–Crippen LogP) is 3.03. The van der Waals surface area contributed by atoms with Crippen molar-refractivity contribution in [1.29, 1.82) is 0 Å². The van der Waals surface area contributed by atoms with Gasteiger partial charge in [-0.2, -0.15) is 4.98 Å². The Balaban J connectivity index is 1.46. The van der Waals surface area contributed by atoms with E-state index in [1.807, 2.05) is 6.92 Å². The van der Waals surface area contributed by atoms with Crippen molar-refractivity contribution in [2.75, 3.05) is 26.2 Å². The molecule has 2 aromatic heterocycles. The molecule has 4 rings (SSSR count). The van der Waals surface area contributed by atoms with Crippen molar-refractivity contribution in [2.45, 2.75) is 77.5 Å². The van der Waals surface area contributed by atoms with Gasteiger partial charge in [-0.15, -0.1) is 0 Å². The zero-order valence-corrected chi connectivity index (χ0v) is 19.4. The van der Waals surface area contributed by atoms with Gasteiger partial charge in [0.1, 0.15) is 12.4 Å². The lowest BCUT2D eigenvalue weighted by molar-refractivity contribution is -0.139. The van der Waals surface area contributed by atoms with Crippen LogP contribution in [-0.4, -0.2) is 74.1 Å². The highest BCUT2D eigenvalue weighted by Crippen LogP contribution is 2.29. The molecular weight excluding hydrogens is 408 g/mol. The van der Waals surface area contributed by atoms with E-state index in [2.05, 4.69) is 43.8 Å². The Hall–Kier alpha value is -2.39. The average molecular weight is 443 g/mol. The Morgan fingerprint density at radius 1 is 1.28 bits per heavy atom. The van der Waals surface area contributed by atoms with Crippen LogP contribution < -0.4 is 0 Å². The number of morpholine rings is 1. The van der Waals surface area contributed by atoms with Crippen molar-refractivity contribution in [3.8, 4) is 11.4 Å². The van der Waals surface area contributed by atoms with Gasteiger partial charge in [-0.05, 0) is 26.7 Å². The Kier molecular flexibility index (Phi) is 7.47. The number of amides is 1. The lowest BCUT2D eigenvalue weighted by Crippen LogP contribution is -2.51. The normalized spacial score (nSPS) is 20.6. The summed E-state index contributed by atoms with van der Waals surface area (Å²) in [7, 11) is 0. The zero-order valence-electron chi connectivity index (χ0n) is 19.4. The van der Waals surface area contributed by atoms with Gasteiger partial charge in [-0.3, -0.25) is 9.69 Å². The monoisotopic (exact) mass is 442 g/mol. The van der Waals surface area contributed by atoms with Crippen LogP contribution >= 0.6 is 0 Å². The van der Waals surface area contributed by atoms with Gasteiger partial charge in [0.15, 0.2) is 0 Å². The molecule has 1 aliphatic heterocycles. The number of nitrogens with zero attached hydrogens (tertiary/aromatic N) is 6. The number of carbonyl (C=O) groups excluding carboxylic acids is 1. The summed E-state index contributed by atoms with van der Waals surface area (Å²) in [6, 6.07) is 0.578. The quantitative estimate of drug-likeness (QED) is 0.645. The van der Waals surface area contributed by atoms with Crippen LogP contribution in [0.5, 0.6) is 0 Å². The Morgan fingerprint density at radius 3 is 2.81 bits per heavy atom. The van der Waals surface area contributed by atoms with E-state index in [-0.39, 0.29) is 18.1 Å². The van der Waals surface area contributed by atoms with Gasteiger partial charge in [0.2, 0.25) is 17.6 Å². The van der Waals surface area contributed by atoms with Crippen molar-refractivity contribution in [2.24, 2.45) is 0 Å². The van der Waals surface area contributed by atoms with Gasteiger partial charge in [-0.1, -0.05) is 31.3 Å². The fourth-order valence-corrected chi connectivity index (χ4v) is 4.83. The maximum Gasteiger partial charge on any atom is 0.237 e. The first-order valence-corrected chi connectivity index (χ1v) is 11.8. The minimum atomic E-state index is -0.277. The smallest absolute Gasteiger partial charge is 0.237 e. The second kappa shape index (κ2) is 10.5. The van der Waals surface area contributed by atoms with Gasteiger partial charge < -0.3 is 14.2 Å². The van der Waals surface area contributed by atoms with Crippen LogP contribution in [0.15, 0.2) is 17.0 Å². The molecule has 3 heterocycles. The van der Waals surface area contributed by atoms with Gasteiger partial charge in [0.05, 0.1) is 24.4 Å².